The van der Waals surface area contributed by atoms with Crippen molar-refractivity contribution in [3.8, 4) is 16.3 Å². The zero-order valence-corrected chi connectivity index (χ0v) is 15.5. The van der Waals surface area contributed by atoms with Gasteiger partial charge >= 0.3 is 0 Å². The van der Waals surface area contributed by atoms with Gasteiger partial charge in [-0.25, -0.2) is 9.97 Å². The molecule has 2 heterocycles. The van der Waals surface area contributed by atoms with Gasteiger partial charge in [-0.3, -0.25) is 4.79 Å². The number of nitrogens with one attached hydrogen (secondary N) is 2. The van der Waals surface area contributed by atoms with E-state index in [1.54, 1.807) is 20.4 Å². The number of aromatic nitrogens is 2. The second-order valence-corrected chi connectivity index (χ2v) is 6.62. The predicted molar refractivity (Wildman–Crippen MR) is 104 cm³/mol. The maximum atomic E-state index is 12.4. The molecule has 0 aliphatic rings. The van der Waals surface area contributed by atoms with Crippen molar-refractivity contribution >= 4 is 23.2 Å². The Morgan fingerprint density at radius 2 is 2.12 bits per heavy atom. The van der Waals surface area contributed by atoms with Crippen LogP contribution in [0.3, 0.4) is 0 Å². The normalized spacial score (nSPS) is 10.4. The molecule has 0 radical (unpaired) electrons. The van der Waals surface area contributed by atoms with Gasteiger partial charge in [0.2, 0.25) is 5.95 Å². The number of thiophene rings is 1. The third-order valence-corrected chi connectivity index (χ3v) is 4.90. The molecule has 0 aliphatic carbocycles. The average Bonchev–Trinajstić information content (AvgIpc) is 3.18. The van der Waals surface area contributed by atoms with Crippen LogP contribution in [0, 0.1) is 0 Å². The highest BCUT2D eigenvalue weighted by Crippen LogP contribution is 2.26. The molecule has 0 spiro atoms. The van der Waals surface area contributed by atoms with Gasteiger partial charge in [-0.05, 0) is 42.3 Å². The third-order valence-electron chi connectivity index (χ3n) is 3.79. The lowest BCUT2D eigenvalue weighted by molar-refractivity contribution is 0.0958. The molecule has 0 saturated heterocycles. The van der Waals surface area contributed by atoms with Gasteiger partial charge in [-0.1, -0.05) is 12.1 Å². The van der Waals surface area contributed by atoms with E-state index in [9.17, 15) is 4.79 Å². The van der Waals surface area contributed by atoms with Gasteiger partial charge in [-0.2, -0.15) is 0 Å². The number of hydrogen-bond acceptors (Lipinski definition) is 6. The number of hydrogen-bond donors (Lipinski definition) is 2. The van der Waals surface area contributed by atoms with Crippen molar-refractivity contribution in [3.05, 3.63) is 59.1 Å². The molecule has 3 rings (SSSR count). The first-order valence-electron chi connectivity index (χ1n) is 8.21. The fraction of sp³-hybridized carbons (Fsp3) is 0.211. The van der Waals surface area contributed by atoms with Crippen molar-refractivity contribution in [1.29, 1.82) is 0 Å². The summed E-state index contributed by atoms with van der Waals surface area (Å²) in [5.74, 6) is 1.30. The number of methoxy groups -OCH3 is 1. The Labute approximate surface area is 156 Å². The fourth-order valence-electron chi connectivity index (χ4n) is 2.45. The van der Waals surface area contributed by atoms with Crippen molar-refractivity contribution in [2.24, 2.45) is 0 Å². The number of ether oxygens (including phenoxy) is 1. The van der Waals surface area contributed by atoms with E-state index in [-0.39, 0.29) is 5.91 Å². The molecule has 0 aliphatic heterocycles. The van der Waals surface area contributed by atoms with Crippen molar-refractivity contribution in [3.63, 3.8) is 0 Å². The van der Waals surface area contributed by atoms with E-state index in [4.69, 9.17) is 4.74 Å². The average molecular weight is 368 g/mol. The Hall–Kier alpha value is -2.93. The van der Waals surface area contributed by atoms with E-state index in [2.05, 4.69) is 20.6 Å². The standard InChI is InChI=1S/C19H20N4O2S/c1-20-19-22-11-9-15(23-19)16-6-7-17(26-16)18(24)21-10-8-13-4-3-5-14(12-13)25-2/h3-7,9,11-12H,8,10H2,1-2H3,(H,21,24)(H,20,22,23). The molecule has 26 heavy (non-hydrogen) atoms. The molecule has 0 saturated carbocycles. The van der Waals surface area contributed by atoms with E-state index in [0.29, 0.717) is 17.4 Å². The van der Waals surface area contributed by atoms with Crippen LogP contribution in [-0.2, 0) is 6.42 Å². The SMILES string of the molecule is CNc1nccc(-c2ccc(C(=O)NCCc3cccc(OC)c3)s2)n1. The molecule has 1 aromatic carbocycles. The van der Waals surface area contributed by atoms with Gasteiger partial charge in [0.1, 0.15) is 5.75 Å². The van der Waals surface area contributed by atoms with Crippen LogP contribution in [0.2, 0.25) is 0 Å². The first-order valence-corrected chi connectivity index (χ1v) is 9.03. The number of amides is 1. The highest BCUT2D eigenvalue weighted by molar-refractivity contribution is 7.17. The maximum Gasteiger partial charge on any atom is 0.261 e. The minimum atomic E-state index is -0.0768. The van der Waals surface area contributed by atoms with Crippen LogP contribution in [0.25, 0.3) is 10.6 Å². The quantitative estimate of drug-likeness (QED) is 0.670. The Bertz CT molecular complexity index is 895. The minimum absolute atomic E-state index is 0.0768. The van der Waals surface area contributed by atoms with Gasteiger partial charge < -0.3 is 15.4 Å². The number of rotatable bonds is 7. The van der Waals surface area contributed by atoms with E-state index < -0.39 is 0 Å². The molecule has 134 valence electrons. The molecule has 7 heteroatoms. The largest absolute Gasteiger partial charge is 0.497 e. The summed E-state index contributed by atoms with van der Waals surface area (Å²) in [5, 5.41) is 5.87. The lowest BCUT2D eigenvalue weighted by atomic mass is 10.1. The molecule has 0 fully saturated rings. The highest BCUT2D eigenvalue weighted by Gasteiger charge is 2.11. The number of benzene rings is 1. The Kier molecular flexibility index (Phi) is 5.80. The molecular weight excluding hydrogens is 348 g/mol. The van der Waals surface area contributed by atoms with Gasteiger partial charge in [0.05, 0.1) is 22.6 Å². The highest BCUT2D eigenvalue weighted by atomic mass is 32.1. The summed E-state index contributed by atoms with van der Waals surface area (Å²) >= 11 is 1.42. The van der Waals surface area contributed by atoms with Crippen molar-refractivity contribution < 1.29 is 9.53 Å². The third kappa shape index (κ3) is 4.37. The Morgan fingerprint density at radius 3 is 2.92 bits per heavy atom. The van der Waals surface area contributed by atoms with Crippen LogP contribution in [-0.4, -0.2) is 36.6 Å². The number of carbonyl (C=O) groups excluding carboxylic acids is 1. The van der Waals surface area contributed by atoms with E-state index in [1.807, 2.05) is 42.5 Å². The van der Waals surface area contributed by atoms with Crippen LogP contribution in [0.15, 0.2) is 48.7 Å². The second-order valence-electron chi connectivity index (χ2n) is 5.54. The molecule has 0 atom stereocenters. The summed E-state index contributed by atoms with van der Waals surface area (Å²) in [6.07, 6.45) is 2.44. The van der Waals surface area contributed by atoms with E-state index in [1.165, 1.54) is 11.3 Å². The molecule has 0 bridgehead atoms. The number of carbonyl (C=O) groups is 1. The van der Waals surface area contributed by atoms with Crippen LogP contribution in [0.1, 0.15) is 15.2 Å². The van der Waals surface area contributed by atoms with Crippen molar-refractivity contribution in [2.45, 2.75) is 6.42 Å². The number of nitrogens with zero attached hydrogens (tertiary/aromatic N) is 2. The lowest BCUT2D eigenvalue weighted by Crippen LogP contribution is -2.24. The summed E-state index contributed by atoms with van der Waals surface area (Å²) in [6.45, 7) is 0.566. The monoisotopic (exact) mass is 368 g/mol. The van der Waals surface area contributed by atoms with Crippen molar-refractivity contribution in [2.75, 3.05) is 26.0 Å². The molecule has 6 nitrogen and oxygen atoms in total. The molecule has 1 amide bonds. The summed E-state index contributed by atoms with van der Waals surface area (Å²) in [7, 11) is 3.42. The zero-order chi connectivity index (χ0) is 18.4. The molecular formula is C19H20N4O2S. The second kappa shape index (κ2) is 8.44. The maximum absolute atomic E-state index is 12.4. The summed E-state index contributed by atoms with van der Waals surface area (Å²) in [4.78, 5) is 22.4. The molecule has 0 unspecified atom stereocenters. The predicted octanol–water partition coefficient (Wildman–Crippen LogP) is 3.23. The summed E-state index contributed by atoms with van der Waals surface area (Å²) in [5.41, 5.74) is 1.92. The first-order chi connectivity index (χ1) is 12.7. The lowest BCUT2D eigenvalue weighted by Gasteiger charge is -2.06. The Balaban J connectivity index is 1.59. The summed E-state index contributed by atoms with van der Waals surface area (Å²) in [6, 6.07) is 13.4. The molecule has 3 aromatic rings. The smallest absolute Gasteiger partial charge is 0.261 e. The van der Waals surface area contributed by atoms with Crippen molar-refractivity contribution in [1.82, 2.24) is 15.3 Å². The van der Waals surface area contributed by atoms with Gasteiger partial charge in [0, 0.05) is 19.8 Å². The summed E-state index contributed by atoms with van der Waals surface area (Å²) < 4.78 is 5.21. The number of anilines is 1. The zero-order valence-electron chi connectivity index (χ0n) is 14.7. The van der Waals surface area contributed by atoms with E-state index >= 15 is 0 Å². The van der Waals surface area contributed by atoms with Gasteiger partial charge in [-0.15, -0.1) is 11.3 Å². The topological polar surface area (TPSA) is 76.1 Å². The van der Waals surface area contributed by atoms with E-state index in [0.717, 1.165) is 28.3 Å². The van der Waals surface area contributed by atoms with Crippen LogP contribution in [0.5, 0.6) is 5.75 Å². The first kappa shape index (κ1) is 17.9. The molecule has 2 aromatic heterocycles. The van der Waals surface area contributed by atoms with Gasteiger partial charge in [0.25, 0.3) is 5.91 Å². The van der Waals surface area contributed by atoms with Crippen LogP contribution < -0.4 is 15.4 Å². The van der Waals surface area contributed by atoms with Crippen LogP contribution in [0.4, 0.5) is 5.95 Å². The minimum Gasteiger partial charge on any atom is -0.497 e. The Morgan fingerprint density at radius 1 is 1.23 bits per heavy atom. The van der Waals surface area contributed by atoms with Gasteiger partial charge in [0.15, 0.2) is 0 Å². The van der Waals surface area contributed by atoms with Crippen LogP contribution >= 0.6 is 11.3 Å². The fourth-order valence-corrected chi connectivity index (χ4v) is 3.34. The molecule has 2 N–H and O–H groups in total.